The Bertz CT molecular complexity index is 565. The minimum absolute atomic E-state index is 0.0190. The molecule has 1 aromatic rings. The number of hydrogen-bond acceptors (Lipinski definition) is 2. The van der Waals surface area contributed by atoms with E-state index in [1.165, 1.54) is 11.1 Å². The number of fused-ring (bicyclic) bond motifs is 1. The summed E-state index contributed by atoms with van der Waals surface area (Å²) in [6.45, 7) is 11.0. The molecule has 0 saturated heterocycles. The number of benzene rings is 1. The summed E-state index contributed by atoms with van der Waals surface area (Å²) in [4.78, 5) is 0. The molecule has 0 spiro atoms. The van der Waals surface area contributed by atoms with Crippen LogP contribution >= 0.6 is 0 Å². The van der Waals surface area contributed by atoms with E-state index in [0.29, 0.717) is 12.5 Å². The molecule has 1 N–H and O–H groups in total. The fourth-order valence-corrected chi connectivity index (χ4v) is 3.77. The van der Waals surface area contributed by atoms with E-state index in [9.17, 15) is 5.11 Å². The van der Waals surface area contributed by atoms with Gasteiger partial charge in [0.1, 0.15) is 5.75 Å². The first-order valence-corrected chi connectivity index (χ1v) is 7.70. The standard InChI is InChI=1S/C19H24O2/c1-4-8-19(9-5-2)13-21-17-7-6-14(10-16(17)19)18(3)11-15(18)12-20/h4-7,10,15,20H,1-2,8-9,11-13H2,3H3/t15-,18-/m1/s1. The molecular weight excluding hydrogens is 260 g/mol. The Morgan fingerprint density at radius 1 is 1.33 bits per heavy atom. The number of aliphatic hydroxyl groups is 1. The van der Waals surface area contributed by atoms with Crippen LogP contribution in [0.25, 0.3) is 0 Å². The summed E-state index contributed by atoms with van der Waals surface area (Å²) >= 11 is 0. The molecule has 2 atom stereocenters. The lowest BCUT2D eigenvalue weighted by atomic mass is 9.75. The van der Waals surface area contributed by atoms with Crippen molar-refractivity contribution in [1.29, 1.82) is 0 Å². The predicted molar refractivity (Wildman–Crippen MR) is 85.8 cm³/mol. The number of aliphatic hydroxyl groups excluding tert-OH is 1. The van der Waals surface area contributed by atoms with E-state index in [1.807, 2.05) is 12.2 Å². The fourth-order valence-electron chi connectivity index (χ4n) is 3.77. The number of ether oxygens (including phenoxy) is 1. The van der Waals surface area contributed by atoms with Crippen LogP contribution in [0.15, 0.2) is 43.5 Å². The topological polar surface area (TPSA) is 29.5 Å². The van der Waals surface area contributed by atoms with Crippen molar-refractivity contribution in [3.8, 4) is 5.75 Å². The van der Waals surface area contributed by atoms with Crippen molar-refractivity contribution in [3.63, 3.8) is 0 Å². The molecule has 0 bridgehead atoms. The van der Waals surface area contributed by atoms with Crippen LogP contribution in [0, 0.1) is 5.92 Å². The molecular formula is C19H24O2. The molecule has 21 heavy (non-hydrogen) atoms. The van der Waals surface area contributed by atoms with Gasteiger partial charge in [-0.15, -0.1) is 13.2 Å². The molecule has 1 aliphatic carbocycles. The van der Waals surface area contributed by atoms with E-state index in [0.717, 1.165) is 25.0 Å². The van der Waals surface area contributed by atoms with Gasteiger partial charge in [0.2, 0.25) is 0 Å². The maximum atomic E-state index is 9.42. The van der Waals surface area contributed by atoms with Gasteiger partial charge < -0.3 is 9.84 Å². The second-order valence-corrected chi connectivity index (χ2v) is 6.77. The van der Waals surface area contributed by atoms with Gasteiger partial charge in [-0.1, -0.05) is 31.2 Å². The minimum atomic E-state index is -0.0190. The monoisotopic (exact) mass is 284 g/mol. The average molecular weight is 284 g/mol. The quantitative estimate of drug-likeness (QED) is 0.806. The van der Waals surface area contributed by atoms with Gasteiger partial charge >= 0.3 is 0 Å². The Morgan fingerprint density at radius 3 is 2.62 bits per heavy atom. The molecule has 3 rings (SSSR count). The van der Waals surface area contributed by atoms with E-state index >= 15 is 0 Å². The van der Waals surface area contributed by atoms with Crippen LogP contribution in [0.1, 0.15) is 37.3 Å². The zero-order valence-corrected chi connectivity index (χ0v) is 12.8. The zero-order valence-electron chi connectivity index (χ0n) is 12.8. The van der Waals surface area contributed by atoms with Gasteiger partial charge in [-0.2, -0.15) is 0 Å². The van der Waals surface area contributed by atoms with Gasteiger partial charge in [-0.05, 0) is 42.2 Å². The maximum Gasteiger partial charge on any atom is 0.123 e. The minimum Gasteiger partial charge on any atom is -0.492 e. The first kappa shape index (κ1) is 14.4. The van der Waals surface area contributed by atoms with E-state index in [2.05, 4.69) is 38.3 Å². The third-order valence-electron chi connectivity index (χ3n) is 5.42. The molecule has 1 fully saturated rings. The number of hydrogen-bond donors (Lipinski definition) is 1. The van der Waals surface area contributed by atoms with Crippen LogP contribution in [-0.2, 0) is 10.8 Å². The molecule has 2 aliphatic rings. The second-order valence-electron chi connectivity index (χ2n) is 6.77. The smallest absolute Gasteiger partial charge is 0.123 e. The highest BCUT2D eigenvalue weighted by Crippen LogP contribution is 2.55. The third-order valence-corrected chi connectivity index (χ3v) is 5.42. The van der Waals surface area contributed by atoms with Crippen LogP contribution in [0.5, 0.6) is 5.75 Å². The highest BCUT2D eigenvalue weighted by Gasteiger charge is 2.51. The van der Waals surface area contributed by atoms with Gasteiger partial charge in [0.15, 0.2) is 0 Å². The Morgan fingerprint density at radius 2 is 2.05 bits per heavy atom. The molecule has 2 heteroatoms. The van der Waals surface area contributed by atoms with E-state index in [1.54, 1.807) is 0 Å². The van der Waals surface area contributed by atoms with Crippen LogP contribution in [0.3, 0.4) is 0 Å². The molecule has 1 heterocycles. The summed E-state index contributed by atoms with van der Waals surface area (Å²) in [6, 6.07) is 6.55. The van der Waals surface area contributed by atoms with E-state index in [4.69, 9.17) is 4.74 Å². The summed E-state index contributed by atoms with van der Waals surface area (Å²) in [6.07, 6.45) is 6.82. The number of allylic oxidation sites excluding steroid dienone is 2. The van der Waals surface area contributed by atoms with Crippen molar-refractivity contribution in [2.24, 2.45) is 5.92 Å². The summed E-state index contributed by atoms with van der Waals surface area (Å²) in [7, 11) is 0. The predicted octanol–water partition coefficient (Wildman–Crippen LogP) is 3.74. The first-order chi connectivity index (χ1) is 10.1. The van der Waals surface area contributed by atoms with Crippen LogP contribution in [-0.4, -0.2) is 18.3 Å². The van der Waals surface area contributed by atoms with E-state index < -0.39 is 0 Å². The molecule has 1 aliphatic heterocycles. The Hall–Kier alpha value is -1.54. The van der Waals surface area contributed by atoms with Crippen molar-refractivity contribution < 1.29 is 9.84 Å². The lowest BCUT2D eigenvalue weighted by molar-refractivity contribution is 0.265. The van der Waals surface area contributed by atoms with Gasteiger partial charge in [-0.3, -0.25) is 0 Å². The van der Waals surface area contributed by atoms with Crippen molar-refractivity contribution >= 4 is 0 Å². The second kappa shape index (κ2) is 5.03. The molecule has 1 aromatic carbocycles. The van der Waals surface area contributed by atoms with Gasteiger partial charge in [0.25, 0.3) is 0 Å². The van der Waals surface area contributed by atoms with Gasteiger partial charge in [0, 0.05) is 17.6 Å². The molecule has 2 nitrogen and oxygen atoms in total. The van der Waals surface area contributed by atoms with Crippen molar-refractivity contribution in [2.75, 3.05) is 13.2 Å². The fraction of sp³-hybridized carbons (Fsp3) is 0.474. The summed E-state index contributed by atoms with van der Waals surface area (Å²) < 4.78 is 5.92. The summed E-state index contributed by atoms with van der Waals surface area (Å²) in [5, 5.41) is 9.42. The van der Waals surface area contributed by atoms with Crippen LogP contribution < -0.4 is 4.74 Å². The van der Waals surface area contributed by atoms with Gasteiger partial charge in [-0.25, -0.2) is 0 Å². The normalized spacial score (nSPS) is 28.6. The Labute approximate surface area is 127 Å². The summed E-state index contributed by atoms with van der Waals surface area (Å²) in [5.74, 6) is 1.39. The highest BCUT2D eigenvalue weighted by atomic mass is 16.5. The molecule has 0 radical (unpaired) electrons. The Balaban J connectivity index is 2.01. The number of rotatable bonds is 6. The Kier molecular flexibility index (Phi) is 3.45. The molecule has 0 unspecified atom stereocenters. The van der Waals surface area contributed by atoms with Crippen LogP contribution in [0.2, 0.25) is 0 Å². The largest absolute Gasteiger partial charge is 0.492 e. The maximum absolute atomic E-state index is 9.42. The lowest BCUT2D eigenvalue weighted by Crippen LogP contribution is -2.27. The molecule has 112 valence electrons. The first-order valence-electron chi connectivity index (χ1n) is 7.70. The van der Waals surface area contributed by atoms with Crippen molar-refractivity contribution in [1.82, 2.24) is 0 Å². The zero-order chi connectivity index (χ0) is 15.1. The molecule has 0 amide bonds. The molecule has 1 saturated carbocycles. The molecule has 0 aromatic heterocycles. The summed E-state index contributed by atoms with van der Waals surface area (Å²) in [5.41, 5.74) is 2.71. The van der Waals surface area contributed by atoms with E-state index in [-0.39, 0.29) is 17.4 Å². The van der Waals surface area contributed by atoms with Crippen LogP contribution in [0.4, 0.5) is 0 Å². The van der Waals surface area contributed by atoms with Crippen molar-refractivity contribution in [2.45, 2.75) is 37.0 Å². The third kappa shape index (κ3) is 2.13. The van der Waals surface area contributed by atoms with Crippen molar-refractivity contribution in [3.05, 3.63) is 54.6 Å². The lowest BCUT2D eigenvalue weighted by Gasteiger charge is -2.26. The highest BCUT2D eigenvalue weighted by molar-refractivity contribution is 5.50. The van der Waals surface area contributed by atoms with Gasteiger partial charge in [0.05, 0.1) is 6.61 Å². The SMILES string of the molecule is C=CCC1(CC=C)COc2ccc([C@@]3(C)C[C@@H]3CO)cc21. The average Bonchev–Trinajstić information content (AvgIpc) is 3.05.